The number of hydrogen-bond donors (Lipinski definition) is 2. The minimum Gasteiger partial charge on any atom is -0.320 e. The fourth-order valence-corrected chi connectivity index (χ4v) is 2.95. The summed E-state index contributed by atoms with van der Waals surface area (Å²) < 4.78 is 0. The SMILES string of the molecule is CC1CCCC(C)N1NC(=O)[C@@H](N)CCc1ccccc1. The van der Waals surface area contributed by atoms with Crippen molar-refractivity contribution in [2.75, 3.05) is 0 Å². The quantitative estimate of drug-likeness (QED) is 0.874. The van der Waals surface area contributed by atoms with E-state index in [4.69, 9.17) is 5.73 Å². The molecule has 0 saturated carbocycles. The topological polar surface area (TPSA) is 58.4 Å². The van der Waals surface area contributed by atoms with Gasteiger partial charge in [-0.25, -0.2) is 5.01 Å². The van der Waals surface area contributed by atoms with Gasteiger partial charge in [-0.3, -0.25) is 10.2 Å². The van der Waals surface area contributed by atoms with Gasteiger partial charge in [0.1, 0.15) is 0 Å². The molecular formula is C17H27N3O. The highest BCUT2D eigenvalue weighted by atomic mass is 16.2. The zero-order valence-electron chi connectivity index (χ0n) is 13.1. The van der Waals surface area contributed by atoms with Crippen molar-refractivity contribution in [1.29, 1.82) is 0 Å². The summed E-state index contributed by atoms with van der Waals surface area (Å²) in [5.41, 5.74) is 10.3. The van der Waals surface area contributed by atoms with E-state index >= 15 is 0 Å². The summed E-state index contributed by atoms with van der Waals surface area (Å²) in [6, 6.07) is 10.5. The molecular weight excluding hydrogens is 262 g/mol. The maximum atomic E-state index is 12.2. The number of piperidine rings is 1. The number of nitrogens with one attached hydrogen (secondary N) is 1. The second-order valence-corrected chi connectivity index (χ2v) is 6.14. The lowest BCUT2D eigenvalue weighted by Crippen LogP contribution is -2.57. The number of amides is 1. The minimum absolute atomic E-state index is 0.0634. The summed E-state index contributed by atoms with van der Waals surface area (Å²) in [7, 11) is 0. The number of carbonyl (C=O) groups excluding carboxylic acids is 1. The predicted octanol–water partition coefficient (Wildman–Crippen LogP) is 2.24. The van der Waals surface area contributed by atoms with Gasteiger partial charge < -0.3 is 5.73 Å². The van der Waals surface area contributed by atoms with Crippen LogP contribution in [0, 0.1) is 0 Å². The molecule has 0 aromatic heterocycles. The second-order valence-electron chi connectivity index (χ2n) is 6.14. The number of aryl methyl sites for hydroxylation is 1. The Kier molecular flexibility index (Phi) is 5.76. The molecule has 4 heteroatoms. The molecule has 3 atom stereocenters. The molecule has 3 N–H and O–H groups in total. The predicted molar refractivity (Wildman–Crippen MR) is 85.5 cm³/mol. The number of rotatable bonds is 5. The lowest BCUT2D eigenvalue weighted by Gasteiger charge is -2.39. The Morgan fingerprint density at radius 1 is 1.29 bits per heavy atom. The maximum absolute atomic E-state index is 12.2. The fourth-order valence-electron chi connectivity index (χ4n) is 2.95. The van der Waals surface area contributed by atoms with Crippen molar-refractivity contribution < 1.29 is 4.79 Å². The summed E-state index contributed by atoms with van der Waals surface area (Å²) >= 11 is 0. The van der Waals surface area contributed by atoms with Gasteiger partial charge in [0.25, 0.3) is 5.91 Å². The standard InChI is InChI=1S/C17H27N3O/c1-13-7-6-8-14(2)20(13)19-17(21)16(18)12-11-15-9-4-3-5-10-15/h3-5,9-10,13-14,16H,6-8,11-12,18H2,1-2H3,(H,19,21)/t13?,14?,16-/m0/s1. The number of carbonyl (C=O) groups is 1. The molecule has 2 rings (SSSR count). The summed E-state index contributed by atoms with van der Waals surface area (Å²) in [4.78, 5) is 12.2. The van der Waals surface area contributed by atoms with Gasteiger partial charge in [0.05, 0.1) is 6.04 Å². The molecule has 21 heavy (non-hydrogen) atoms. The van der Waals surface area contributed by atoms with Crippen LogP contribution in [0.15, 0.2) is 30.3 Å². The van der Waals surface area contributed by atoms with Crippen LogP contribution in [0.4, 0.5) is 0 Å². The van der Waals surface area contributed by atoms with Crippen LogP contribution in [0.3, 0.4) is 0 Å². The van der Waals surface area contributed by atoms with E-state index in [-0.39, 0.29) is 5.91 Å². The Morgan fingerprint density at radius 2 is 1.90 bits per heavy atom. The van der Waals surface area contributed by atoms with E-state index in [1.807, 2.05) is 18.2 Å². The molecule has 1 aliphatic rings. The summed E-state index contributed by atoms with van der Waals surface area (Å²) in [5, 5.41) is 2.08. The van der Waals surface area contributed by atoms with Crippen LogP contribution in [0.25, 0.3) is 0 Å². The van der Waals surface area contributed by atoms with Crippen LogP contribution in [0.5, 0.6) is 0 Å². The molecule has 4 nitrogen and oxygen atoms in total. The number of nitrogens with two attached hydrogens (primary N) is 1. The van der Waals surface area contributed by atoms with Crippen molar-refractivity contribution in [1.82, 2.24) is 10.4 Å². The maximum Gasteiger partial charge on any atom is 0.251 e. The highest BCUT2D eigenvalue weighted by molar-refractivity contribution is 5.81. The average molecular weight is 289 g/mol. The zero-order valence-corrected chi connectivity index (χ0v) is 13.1. The van der Waals surface area contributed by atoms with E-state index in [1.165, 1.54) is 12.0 Å². The molecule has 0 radical (unpaired) electrons. The van der Waals surface area contributed by atoms with Gasteiger partial charge in [-0.1, -0.05) is 36.8 Å². The molecule has 0 spiro atoms. The highest BCUT2D eigenvalue weighted by Gasteiger charge is 2.27. The Bertz CT molecular complexity index is 439. The van der Waals surface area contributed by atoms with Gasteiger partial charge in [-0.05, 0) is 45.1 Å². The summed E-state index contributed by atoms with van der Waals surface area (Å²) in [6.07, 6.45) is 5.00. The second kappa shape index (κ2) is 7.57. The van der Waals surface area contributed by atoms with Crippen LogP contribution < -0.4 is 11.2 Å². The third-order valence-corrected chi connectivity index (χ3v) is 4.36. The first-order chi connectivity index (χ1) is 10.1. The molecule has 1 aromatic carbocycles. The third-order valence-electron chi connectivity index (χ3n) is 4.36. The lowest BCUT2D eigenvalue weighted by atomic mass is 9.99. The van der Waals surface area contributed by atoms with Crippen LogP contribution in [-0.4, -0.2) is 29.0 Å². The molecule has 1 aromatic rings. The van der Waals surface area contributed by atoms with Gasteiger partial charge in [-0.15, -0.1) is 0 Å². The molecule has 1 saturated heterocycles. The number of nitrogens with zero attached hydrogens (tertiary/aromatic N) is 1. The van der Waals surface area contributed by atoms with Gasteiger partial charge in [0.2, 0.25) is 0 Å². The van der Waals surface area contributed by atoms with E-state index in [2.05, 4.69) is 36.4 Å². The third kappa shape index (κ3) is 4.55. The van der Waals surface area contributed by atoms with Crippen molar-refractivity contribution in [2.24, 2.45) is 5.73 Å². The first-order valence-electron chi connectivity index (χ1n) is 7.96. The lowest BCUT2D eigenvalue weighted by molar-refractivity contribution is -0.130. The van der Waals surface area contributed by atoms with E-state index in [0.717, 1.165) is 19.3 Å². The van der Waals surface area contributed by atoms with Crippen molar-refractivity contribution in [3.8, 4) is 0 Å². The van der Waals surface area contributed by atoms with E-state index in [1.54, 1.807) is 0 Å². The average Bonchev–Trinajstić information content (AvgIpc) is 2.49. The van der Waals surface area contributed by atoms with Gasteiger partial charge in [0, 0.05) is 12.1 Å². The summed E-state index contributed by atoms with van der Waals surface area (Å²) in [6.45, 7) is 4.32. The summed E-state index contributed by atoms with van der Waals surface area (Å²) in [5.74, 6) is -0.0634. The van der Waals surface area contributed by atoms with Crippen LogP contribution in [0.2, 0.25) is 0 Å². The van der Waals surface area contributed by atoms with Crippen molar-refractivity contribution >= 4 is 5.91 Å². The minimum atomic E-state index is -0.452. The number of hydrogen-bond acceptors (Lipinski definition) is 3. The molecule has 1 heterocycles. The highest BCUT2D eigenvalue weighted by Crippen LogP contribution is 2.20. The van der Waals surface area contributed by atoms with Gasteiger partial charge in [0.15, 0.2) is 0 Å². The largest absolute Gasteiger partial charge is 0.320 e. The van der Waals surface area contributed by atoms with E-state index in [0.29, 0.717) is 18.5 Å². The van der Waals surface area contributed by atoms with E-state index in [9.17, 15) is 4.79 Å². The Labute approximate surface area is 127 Å². The smallest absolute Gasteiger partial charge is 0.251 e. The van der Waals surface area contributed by atoms with E-state index < -0.39 is 6.04 Å². The normalized spacial score (nSPS) is 24.5. The Hall–Kier alpha value is -1.39. The number of hydrazine groups is 1. The van der Waals surface area contributed by atoms with Crippen molar-refractivity contribution in [2.45, 2.75) is 64.1 Å². The van der Waals surface area contributed by atoms with Crippen LogP contribution in [0.1, 0.15) is 45.1 Å². The first kappa shape index (κ1) is 16.0. The van der Waals surface area contributed by atoms with Crippen LogP contribution in [-0.2, 0) is 11.2 Å². The number of benzene rings is 1. The molecule has 1 fully saturated rings. The molecule has 2 unspecified atom stereocenters. The van der Waals surface area contributed by atoms with Gasteiger partial charge >= 0.3 is 0 Å². The van der Waals surface area contributed by atoms with Gasteiger partial charge in [-0.2, -0.15) is 0 Å². The first-order valence-corrected chi connectivity index (χ1v) is 7.96. The Balaban J connectivity index is 1.82. The zero-order chi connectivity index (χ0) is 15.2. The Morgan fingerprint density at radius 3 is 2.52 bits per heavy atom. The molecule has 116 valence electrons. The van der Waals surface area contributed by atoms with Crippen molar-refractivity contribution in [3.63, 3.8) is 0 Å². The van der Waals surface area contributed by atoms with Crippen LogP contribution >= 0.6 is 0 Å². The monoisotopic (exact) mass is 289 g/mol. The molecule has 1 amide bonds. The fraction of sp³-hybridized carbons (Fsp3) is 0.588. The molecule has 0 aliphatic carbocycles. The molecule has 1 aliphatic heterocycles. The van der Waals surface area contributed by atoms with Crippen molar-refractivity contribution in [3.05, 3.63) is 35.9 Å². The molecule has 0 bridgehead atoms.